The molecule has 0 heterocycles. The number of rotatable bonds is 5. The Bertz CT molecular complexity index is 104. The highest BCUT2D eigenvalue weighted by molar-refractivity contribution is 8.22. The number of hydrogen-bond acceptors (Lipinski definition) is 3. The third-order valence-electron chi connectivity index (χ3n) is 1.23. The molecule has 0 rings (SSSR count). The lowest BCUT2D eigenvalue weighted by Crippen LogP contribution is -1.99. The summed E-state index contributed by atoms with van der Waals surface area (Å²) in [6.07, 6.45) is 3.59. The predicted octanol–water partition coefficient (Wildman–Crippen LogP) is 3.23. The molecular formula is C8H16OS2. The SMILES string of the molecule is CCCCCOC(=S)SCC. The van der Waals surface area contributed by atoms with Crippen LogP contribution in [0, 0.1) is 0 Å². The summed E-state index contributed by atoms with van der Waals surface area (Å²) in [5, 5.41) is 0. The van der Waals surface area contributed by atoms with Gasteiger partial charge >= 0.3 is 0 Å². The van der Waals surface area contributed by atoms with Gasteiger partial charge in [0.05, 0.1) is 6.61 Å². The van der Waals surface area contributed by atoms with E-state index >= 15 is 0 Å². The molecule has 0 N–H and O–H groups in total. The van der Waals surface area contributed by atoms with Crippen LogP contribution in [0.25, 0.3) is 0 Å². The summed E-state index contributed by atoms with van der Waals surface area (Å²) in [6, 6.07) is 0. The van der Waals surface area contributed by atoms with Crippen molar-refractivity contribution < 1.29 is 4.74 Å². The Morgan fingerprint density at radius 2 is 2.09 bits per heavy atom. The summed E-state index contributed by atoms with van der Waals surface area (Å²) >= 11 is 6.54. The molecule has 0 aliphatic rings. The molecule has 0 saturated carbocycles. The van der Waals surface area contributed by atoms with E-state index in [0.717, 1.165) is 18.8 Å². The highest BCUT2D eigenvalue weighted by atomic mass is 32.2. The zero-order valence-electron chi connectivity index (χ0n) is 7.26. The van der Waals surface area contributed by atoms with E-state index in [0.29, 0.717) is 4.38 Å². The quantitative estimate of drug-likeness (QED) is 0.489. The van der Waals surface area contributed by atoms with E-state index in [4.69, 9.17) is 17.0 Å². The predicted molar refractivity (Wildman–Crippen MR) is 56.2 cm³/mol. The Hall–Kier alpha value is 0.240. The Kier molecular flexibility index (Phi) is 8.52. The monoisotopic (exact) mass is 192 g/mol. The Morgan fingerprint density at radius 1 is 1.36 bits per heavy atom. The molecule has 66 valence electrons. The first-order valence-corrected chi connectivity index (χ1v) is 5.50. The Morgan fingerprint density at radius 3 is 2.64 bits per heavy atom. The third kappa shape index (κ3) is 8.14. The van der Waals surface area contributed by atoms with E-state index in [1.165, 1.54) is 12.8 Å². The fourth-order valence-corrected chi connectivity index (χ4v) is 1.51. The second kappa shape index (κ2) is 8.34. The lowest BCUT2D eigenvalue weighted by molar-refractivity contribution is 0.310. The van der Waals surface area contributed by atoms with Crippen molar-refractivity contribution in [2.24, 2.45) is 0 Å². The standard InChI is InChI=1S/C8H16OS2/c1-3-5-6-7-9-8(10)11-4-2/h3-7H2,1-2H3. The molecule has 0 saturated heterocycles. The van der Waals surface area contributed by atoms with Crippen molar-refractivity contribution in [3.63, 3.8) is 0 Å². The second-order valence-electron chi connectivity index (χ2n) is 2.24. The van der Waals surface area contributed by atoms with E-state index in [1.54, 1.807) is 11.8 Å². The Balaban J connectivity index is 3.04. The topological polar surface area (TPSA) is 9.23 Å². The van der Waals surface area contributed by atoms with Crippen molar-refractivity contribution in [1.82, 2.24) is 0 Å². The lowest BCUT2D eigenvalue weighted by atomic mass is 10.3. The zero-order valence-corrected chi connectivity index (χ0v) is 8.89. The third-order valence-corrected chi connectivity index (χ3v) is 2.34. The summed E-state index contributed by atoms with van der Waals surface area (Å²) < 4.78 is 5.98. The van der Waals surface area contributed by atoms with Gasteiger partial charge in [-0.05, 0) is 24.4 Å². The minimum absolute atomic E-state index is 0.698. The molecule has 11 heavy (non-hydrogen) atoms. The van der Waals surface area contributed by atoms with Crippen LogP contribution in [0.3, 0.4) is 0 Å². The van der Waals surface area contributed by atoms with Gasteiger partial charge < -0.3 is 4.74 Å². The van der Waals surface area contributed by atoms with Crippen LogP contribution in [-0.4, -0.2) is 16.7 Å². The van der Waals surface area contributed by atoms with E-state index < -0.39 is 0 Å². The van der Waals surface area contributed by atoms with E-state index in [9.17, 15) is 0 Å². The average molecular weight is 192 g/mol. The van der Waals surface area contributed by atoms with Crippen molar-refractivity contribution in [3.05, 3.63) is 0 Å². The van der Waals surface area contributed by atoms with Gasteiger partial charge in [-0.1, -0.05) is 38.5 Å². The molecule has 0 amide bonds. The zero-order chi connectivity index (χ0) is 8.53. The van der Waals surface area contributed by atoms with Gasteiger partial charge in [-0.25, -0.2) is 0 Å². The molecule has 3 heteroatoms. The first-order valence-electron chi connectivity index (χ1n) is 4.10. The molecule has 0 spiro atoms. The van der Waals surface area contributed by atoms with Crippen LogP contribution in [0.4, 0.5) is 0 Å². The lowest BCUT2D eigenvalue weighted by Gasteiger charge is -2.04. The van der Waals surface area contributed by atoms with Gasteiger partial charge in [-0.15, -0.1) is 0 Å². The van der Waals surface area contributed by atoms with Gasteiger partial charge in [0.25, 0.3) is 0 Å². The van der Waals surface area contributed by atoms with Crippen molar-refractivity contribution in [1.29, 1.82) is 0 Å². The van der Waals surface area contributed by atoms with Gasteiger partial charge in [0.15, 0.2) is 0 Å². The molecule has 0 aliphatic heterocycles. The number of hydrogen-bond donors (Lipinski definition) is 0. The first-order chi connectivity index (χ1) is 5.31. The van der Waals surface area contributed by atoms with Crippen molar-refractivity contribution in [2.75, 3.05) is 12.4 Å². The van der Waals surface area contributed by atoms with Gasteiger partial charge in [0.1, 0.15) is 0 Å². The molecular weight excluding hydrogens is 176 g/mol. The fraction of sp³-hybridized carbons (Fsp3) is 0.875. The van der Waals surface area contributed by atoms with Crippen LogP contribution < -0.4 is 0 Å². The molecule has 0 atom stereocenters. The van der Waals surface area contributed by atoms with Gasteiger partial charge in [-0.3, -0.25) is 0 Å². The molecule has 0 fully saturated rings. The van der Waals surface area contributed by atoms with Crippen LogP contribution in [-0.2, 0) is 4.74 Å². The minimum Gasteiger partial charge on any atom is -0.479 e. The maximum absolute atomic E-state index is 5.28. The summed E-state index contributed by atoms with van der Waals surface area (Å²) in [5.41, 5.74) is 0. The largest absolute Gasteiger partial charge is 0.479 e. The molecule has 1 nitrogen and oxygen atoms in total. The van der Waals surface area contributed by atoms with Crippen LogP contribution >= 0.6 is 24.0 Å². The highest BCUT2D eigenvalue weighted by Crippen LogP contribution is 2.05. The number of unbranched alkanes of at least 4 members (excludes halogenated alkanes) is 2. The second-order valence-corrected chi connectivity index (χ2v) is 4.10. The molecule has 0 unspecified atom stereocenters. The molecule has 0 aromatic rings. The van der Waals surface area contributed by atoms with Crippen molar-refractivity contribution >= 4 is 28.4 Å². The summed E-state index contributed by atoms with van der Waals surface area (Å²) in [7, 11) is 0. The highest BCUT2D eigenvalue weighted by Gasteiger charge is 1.94. The van der Waals surface area contributed by atoms with Gasteiger partial charge in [-0.2, -0.15) is 0 Å². The molecule has 0 aromatic heterocycles. The van der Waals surface area contributed by atoms with Crippen LogP contribution in [0.2, 0.25) is 0 Å². The first kappa shape index (κ1) is 11.2. The van der Waals surface area contributed by atoms with Crippen LogP contribution in [0.1, 0.15) is 33.1 Å². The smallest absolute Gasteiger partial charge is 0.219 e. The summed E-state index contributed by atoms with van der Waals surface area (Å²) in [6.45, 7) is 5.05. The van der Waals surface area contributed by atoms with Gasteiger partial charge in [0.2, 0.25) is 4.38 Å². The maximum Gasteiger partial charge on any atom is 0.219 e. The normalized spacial score (nSPS) is 9.64. The number of ether oxygens (including phenoxy) is 1. The molecule has 0 radical (unpaired) electrons. The summed E-state index contributed by atoms with van der Waals surface area (Å²) in [4.78, 5) is 0. The number of thiocarbonyl (C=S) groups is 1. The van der Waals surface area contributed by atoms with Gasteiger partial charge in [0, 0.05) is 0 Å². The maximum atomic E-state index is 5.28. The fourth-order valence-electron chi connectivity index (χ4n) is 0.667. The molecule has 0 aromatic carbocycles. The van der Waals surface area contributed by atoms with E-state index in [-0.39, 0.29) is 0 Å². The molecule has 0 aliphatic carbocycles. The molecule has 0 bridgehead atoms. The number of thioether (sulfide) groups is 1. The average Bonchev–Trinajstić information content (AvgIpc) is 1.99. The Labute approximate surface area is 78.9 Å². The summed E-state index contributed by atoms with van der Waals surface area (Å²) in [5.74, 6) is 1.01. The minimum atomic E-state index is 0.698. The van der Waals surface area contributed by atoms with E-state index in [2.05, 4.69) is 13.8 Å². The van der Waals surface area contributed by atoms with Crippen molar-refractivity contribution in [3.8, 4) is 0 Å². The van der Waals surface area contributed by atoms with Crippen LogP contribution in [0.15, 0.2) is 0 Å². The van der Waals surface area contributed by atoms with Crippen molar-refractivity contribution in [2.45, 2.75) is 33.1 Å². The van der Waals surface area contributed by atoms with Crippen LogP contribution in [0.5, 0.6) is 0 Å². The van der Waals surface area contributed by atoms with E-state index in [1.807, 2.05) is 0 Å².